The Labute approximate surface area is 137 Å². The Morgan fingerprint density at radius 2 is 1.87 bits per heavy atom. The molecule has 1 heterocycles. The number of imidazole rings is 1. The number of ether oxygens (including phenoxy) is 2. The van der Waals surface area contributed by atoms with E-state index < -0.39 is 12.3 Å². The maximum Gasteiger partial charge on any atom is 0.303 e. The lowest BCUT2D eigenvalue weighted by Gasteiger charge is -2.36. The normalized spacial score (nSPS) is 14.1. The molecule has 0 bridgehead atoms. The second kappa shape index (κ2) is 6.86. The van der Waals surface area contributed by atoms with Crippen molar-refractivity contribution >= 4 is 5.97 Å². The van der Waals surface area contributed by atoms with E-state index in [4.69, 9.17) is 9.47 Å². The number of carbonyl (C=O) groups excluding carboxylic acids is 1. The highest BCUT2D eigenvalue weighted by molar-refractivity contribution is 5.66. The molecule has 2 atom stereocenters. The van der Waals surface area contributed by atoms with Crippen LogP contribution < -0.4 is 4.74 Å². The lowest BCUT2D eigenvalue weighted by Crippen LogP contribution is -2.41. The SMILES string of the molecule is CC(=O)OC(C(Oc1ccc(C)cc1)n1ccnc1)C(C)(C)C. The van der Waals surface area contributed by atoms with Gasteiger partial charge in [-0.15, -0.1) is 0 Å². The van der Waals surface area contributed by atoms with E-state index in [-0.39, 0.29) is 11.4 Å². The van der Waals surface area contributed by atoms with Gasteiger partial charge in [0.05, 0.1) is 6.33 Å². The average molecular weight is 316 g/mol. The van der Waals surface area contributed by atoms with E-state index in [9.17, 15) is 4.79 Å². The topological polar surface area (TPSA) is 53.4 Å². The monoisotopic (exact) mass is 316 g/mol. The van der Waals surface area contributed by atoms with Crippen LogP contribution in [0.2, 0.25) is 0 Å². The van der Waals surface area contributed by atoms with Gasteiger partial charge in [0, 0.05) is 24.7 Å². The van der Waals surface area contributed by atoms with Crippen molar-refractivity contribution in [2.45, 2.75) is 47.0 Å². The van der Waals surface area contributed by atoms with Crippen molar-refractivity contribution < 1.29 is 14.3 Å². The number of rotatable bonds is 5. The number of aryl methyl sites for hydroxylation is 1. The van der Waals surface area contributed by atoms with E-state index in [1.807, 2.05) is 56.5 Å². The van der Waals surface area contributed by atoms with Gasteiger partial charge < -0.3 is 9.47 Å². The predicted octanol–water partition coefficient (Wildman–Crippen LogP) is 3.75. The van der Waals surface area contributed by atoms with Crippen LogP contribution in [0.15, 0.2) is 43.0 Å². The molecule has 5 nitrogen and oxygen atoms in total. The summed E-state index contributed by atoms with van der Waals surface area (Å²) < 4.78 is 13.6. The van der Waals surface area contributed by atoms with Gasteiger partial charge in [0.2, 0.25) is 6.23 Å². The van der Waals surface area contributed by atoms with E-state index in [1.54, 1.807) is 18.7 Å². The Hall–Kier alpha value is -2.30. The van der Waals surface area contributed by atoms with Gasteiger partial charge in [0.25, 0.3) is 0 Å². The minimum atomic E-state index is -0.496. The maximum absolute atomic E-state index is 11.6. The molecule has 0 amide bonds. The molecule has 0 fully saturated rings. The third-order valence-corrected chi connectivity index (χ3v) is 3.50. The van der Waals surface area contributed by atoms with Crippen molar-refractivity contribution in [3.63, 3.8) is 0 Å². The molecule has 0 aliphatic carbocycles. The fraction of sp³-hybridized carbons (Fsp3) is 0.444. The lowest BCUT2D eigenvalue weighted by atomic mass is 9.87. The van der Waals surface area contributed by atoms with Gasteiger partial charge in [-0.2, -0.15) is 0 Å². The number of hydrogen-bond acceptors (Lipinski definition) is 4. The number of benzene rings is 1. The number of esters is 1. The molecule has 0 saturated carbocycles. The molecule has 0 aliphatic heterocycles. The van der Waals surface area contributed by atoms with E-state index in [0.717, 1.165) is 11.3 Å². The van der Waals surface area contributed by atoms with E-state index in [0.29, 0.717) is 0 Å². The van der Waals surface area contributed by atoms with Gasteiger partial charge in [-0.25, -0.2) is 4.98 Å². The zero-order valence-electron chi connectivity index (χ0n) is 14.3. The summed E-state index contributed by atoms with van der Waals surface area (Å²) in [6, 6.07) is 7.79. The van der Waals surface area contributed by atoms with Crippen molar-refractivity contribution in [3.8, 4) is 5.75 Å². The van der Waals surface area contributed by atoms with Crippen LogP contribution in [0.1, 0.15) is 39.5 Å². The van der Waals surface area contributed by atoms with Gasteiger partial charge in [-0.05, 0) is 19.1 Å². The first-order chi connectivity index (χ1) is 10.8. The standard InChI is InChI=1S/C18H24N2O3/c1-13-6-8-15(9-7-13)23-17(20-11-10-19-12-20)16(18(3,4)5)22-14(2)21/h6-12,16-17H,1-5H3. The largest absolute Gasteiger partial charge is 0.466 e. The minimum Gasteiger partial charge on any atom is -0.466 e. The molecule has 1 aromatic heterocycles. The summed E-state index contributed by atoms with van der Waals surface area (Å²) in [4.78, 5) is 15.7. The first-order valence-electron chi connectivity index (χ1n) is 7.65. The first-order valence-corrected chi connectivity index (χ1v) is 7.65. The van der Waals surface area contributed by atoms with Crippen LogP contribution >= 0.6 is 0 Å². The van der Waals surface area contributed by atoms with Crippen LogP contribution in [-0.2, 0) is 9.53 Å². The lowest BCUT2D eigenvalue weighted by molar-refractivity contribution is -0.165. The predicted molar refractivity (Wildman–Crippen MR) is 88.1 cm³/mol. The van der Waals surface area contributed by atoms with Gasteiger partial charge in [0.15, 0.2) is 6.10 Å². The highest BCUT2D eigenvalue weighted by atomic mass is 16.6. The Morgan fingerprint density at radius 3 is 2.35 bits per heavy atom. The average Bonchev–Trinajstić information content (AvgIpc) is 2.97. The third kappa shape index (κ3) is 4.58. The van der Waals surface area contributed by atoms with Crippen molar-refractivity contribution in [2.75, 3.05) is 0 Å². The van der Waals surface area contributed by atoms with Crippen LogP contribution in [0.5, 0.6) is 5.75 Å². The number of nitrogens with zero attached hydrogens (tertiary/aromatic N) is 2. The summed E-state index contributed by atoms with van der Waals surface area (Å²) in [7, 11) is 0. The maximum atomic E-state index is 11.6. The van der Waals surface area contributed by atoms with Crippen molar-refractivity contribution in [2.24, 2.45) is 5.41 Å². The molecule has 2 unspecified atom stereocenters. The molecular formula is C18H24N2O3. The molecule has 0 aliphatic rings. The quantitative estimate of drug-likeness (QED) is 0.788. The van der Waals surface area contributed by atoms with Crippen molar-refractivity contribution in [1.29, 1.82) is 0 Å². The zero-order chi connectivity index (χ0) is 17.0. The number of carbonyl (C=O) groups is 1. The molecule has 2 rings (SSSR count). The minimum absolute atomic E-state index is 0.300. The Morgan fingerprint density at radius 1 is 1.22 bits per heavy atom. The number of hydrogen-bond donors (Lipinski definition) is 0. The fourth-order valence-corrected chi connectivity index (χ4v) is 2.30. The first kappa shape index (κ1) is 17.1. The molecule has 0 spiro atoms. The molecule has 0 radical (unpaired) electrons. The summed E-state index contributed by atoms with van der Waals surface area (Å²) in [5, 5.41) is 0. The Balaban J connectivity index is 2.36. The molecule has 2 aromatic rings. The van der Waals surface area contributed by atoms with Crippen molar-refractivity contribution in [3.05, 3.63) is 48.5 Å². The Bertz CT molecular complexity index is 627. The van der Waals surface area contributed by atoms with Crippen LogP contribution in [-0.4, -0.2) is 21.6 Å². The molecule has 23 heavy (non-hydrogen) atoms. The second-order valence-electron chi connectivity index (χ2n) is 6.73. The van der Waals surface area contributed by atoms with E-state index >= 15 is 0 Å². The molecule has 0 N–H and O–H groups in total. The second-order valence-corrected chi connectivity index (χ2v) is 6.73. The van der Waals surface area contributed by atoms with Crippen LogP contribution in [0.25, 0.3) is 0 Å². The summed E-state index contributed by atoms with van der Waals surface area (Å²) in [6.45, 7) is 9.48. The fourth-order valence-electron chi connectivity index (χ4n) is 2.30. The highest BCUT2D eigenvalue weighted by Gasteiger charge is 2.37. The summed E-state index contributed by atoms with van der Waals surface area (Å²) in [6.07, 6.45) is 4.20. The van der Waals surface area contributed by atoms with E-state index in [2.05, 4.69) is 4.98 Å². The molecule has 0 saturated heterocycles. The molecular weight excluding hydrogens is 292 g/mol. The Kier molecular flexibility index (Phi) is 5.08. The van der Waals surface area contributed by atoms with Crippen LogP contribution in [0, 0.1) is 12.3 Å². The summed E-state index contributed by atoms with van der Waals surface area (Å²) >= 11 is 0. The number of aromatic nitrogens is 2. The highest BCUT2D eigenvalue weighted by Crippen LogP contribution is 2.33. The van der Waals surface area contributed by atoms with Gasteiger partial charge in [-0.3, -0.25) is 9.36 Å². The summed E-state index contributed by atoms with van der Waals surface area (Å²) in [5.74, 6) is 0.387. The summed E-state index contributed by atoms with van der Waals surface area (Å²) in [5.41, 5.74) is 0.856. The zero-order valence-corrected chi connectivity index (χ0v) is 14.3. The molecule has 124 valence electrons. The van der Waals surface area contributed by atoms with E-state index in [1.165, 1.54) is 6.92 Å². The van der Waals surface area contributed by atoms with Gasteiger partial charge >= 0.3 is 5.97 Å². The van der Waals surface area contributed by atoms with Gasteiger partial charge in [0.1, 0.15) is 5.75 Å². The van der Waals surface area contributed by atoms with Gasteiger partial charge in [-0.1, -0.05) is 38.5 Å². The van der Waals surface area contributed by atoms with Crippen LogP contribution in [0.4, 0.5) is 0 Å². The smallest absolute Gasteiger partial charge is 0.303 e. The van der Waals surface area contributed by atoms with Crippen molar-refractivity contribution in [1.82, 2.24) is 9.55 Å². The molecule has 5 heteroatoms. The third-order valence-electron chi connectivity index (χ3n) is 3.50. The molecule has 1 aromatic carbocycles. The van der Waals surface area contributed by atoms with Crippen LogP contribution in [0.3, 0.4) is 0 Å².